The monoisotopic (exact) mass is 218 g/mol. The number of aryl methyl sites for hydroxylation is 1. The lowest BCUT2D eigenvalue weighted by Crippen LogP contribution is -2.59. The molecule has 0 unspecified atom stereocenters. The molecule has 3 rings (SSSR count). The maximum absolute atomic E-state index is 4.45. The molecule has 0 N–H and O–H groups in total. The zero-order chi connectivity index (χ0) is 11.1. The van der Waals surface area contributed by atoms with Crippen molar-refractivity contribution in [2.45, 2.75) is 6.92 Å². The van der Waals surface area contributed by atoms with Crippen LogP contribution in [-0.4, -0.2) is 48.1 Å². The van der Waals surface area contributed by atoms with E-state index >= 15 is 0 Å². The molecule has 0 saturated carbocycles. The third kappa shape index (κ3) is 1.67. The summed E-state index contributed by atoms with van der Waals surface area (Å²) in [5.41, 5.74) is 1.05. The van der Waals surface area contributed by atoms with Crippen LogP contribution in [0.3, 0.4) is 0 Å². The minimum Gasteiger partial charge on any atom is -0.340 e. The first-order valence-corrected chi connectivity index (χ1v) is 5.95. The van der Waals surface area contributed by atoms with E-state index in [0.717, 1.165) is 36.6 Å². The smallest absolute Gasteiger partial charge is 0.225 e. The fraction of sp³-hybridized carbons (Fsp3) is 0.667. The SMILES string of the molecule is Cc1ccnc(N2CC(C3CN(C)C3)C2)n1. The van der Waals surface area contributed by atoms with E-state index < -0.39 is 0 Å². The quantitative estimate of drug-likeness (QED) is 0.734. The van der Waals surface area contributed by atoms with Crippen LogP contribution < -0.4 is 4.90 Å². The Balaban J connectivity index is 1.57. The zero-order valence-electron chi connectivity index (χ0n) is 9.93. The lowest BCUT2D eigenvalue weighted by atomic mass is 9.81. The summed E-state index contributed by atoms with van der Waals surface area (Å²) in [7, 11) is 2.19. The standard InChI is InChI=1S/C12H18N4/c1-9-3-4-13-12(14-9)16-7-11(8-16)10-5-15(2)6-10/h3-4,10-11H,5-8H2,1-2H3. The van der Waals surface area contributed by atoms with Crippen molar-refractivity contribution in [2.75, 3.05) is 38.1 Å². The molecule has 16 heavy (non-hydrogen) atoms. The molecule has 0 atom stereocenters. The van der Waals surface area contributed by atoms with Gasteiger partial charge in [0.1, 0.15) is 0 Å². The fourth-order valence-electron chi connectivity index (χ4n) is 2.61. The Hall–Kier alpha value is -1.16. The number of aromatic nitrogens is 2. The van der Waals surface area contributed by atoms with E-state index in [4.69, 9.17) is 0 Å². The molecule has 0 bridgehead atoms. The van der Waals surface area contributed by atoms with Crippen LogP contribution in [0.5, 0.6) is 0 Å². The highest BCUT2D eigenvalue weighted by Gasteiger charge is 2.39. The second-order valence-corrected chi connectivity index (χ2v) is 5.14. The van der Waals surface area contributed by atoms with Gasteiger partial charge in [0.2, 0.25) is 5.95 Å². The number of hydrogen-bond acceptors (Lipinski definition) is 4. The van der Waals surface area contributed by atoms with Crippen molar-refractivity contribution in [1.29, 1.82) is 0 Å². The second kappa shape index (κ2) is 3.70. The highest BCUT2D eigenvalue weighted by atomic mass is 15.3. The molecule has 2 saturated heterocycles. The zero-order valence-corrected chi connectivity index (χ0v) is 9.93. The lowest BCUT2D eigenvalue weighted by molar-refractivity contribution is 0.0691. The van der Waals surface area contributed by atoms with Gasteiger partial charge in [-0.2, -0.15) is 0 Å². The molecule has 2 fully saturated rings. The van der Waals surface area contributed by atoms with Gasteiger partial charge in [0, 0.05) is 38.1 Å². The van der Waals surface area contributed by atoms with E-state index in [1.807, 2.05) is 19.2 Å². The maximum Gasteiger partial charge on any atom is 0.225 e. The number of rotatable bonds is 2. The van der Waals surface area contributed by atoms with Crippen LogP contribution in [0.1, 0.15) is 5.69 Å². The highest BCUT2D eigenvalue weighted by Crippen LogP contribution is 2.31. The molecule has 2 aliphatic heterocycles. The average molecular weight is 218 g/mol. The van der Waals surface area contributed by atoms with Crippen LogP contribution in [0.4, 0.5) is 5.95 Å². The summed E-state index contributed by atoms with van der Waals surface area (Å²) in [6.45, 7) is 6.84. The Labute approximate surface area is 96.3 Å². The van der Waals surface area contributed by atoms with Gasteiger partial charge in [-0.15, -0.1) is 0 Å². The van der Waals surface area contributed by atoms with Crippen molar-refractivity contribution in [3.8, 4) is 0 Å². The topological polar surface area (TPSA) is 32.3 Å². The molecule has 0 amide bonds. The van der Waals surface area contributed by atoms with Gasteiger partial charge in [0.25, 0.3) is 0 Å². The molecule has 0 aromatic carbocycles. The van der Waals surface area contributed by atoms with Crippen molar-refractivity contribution in [2.24, 2.45) is 11.8 Å². The summed E-state index contributed by atoms with van der Waals surface area (Å²) >= 11 is 0. The van der Waals surface area contributed by atoms with Crippen molar-refractivity contribution in [3.05, 3.63) is 18.0 Å². The molecule has 4 heteroatoms. The van der Waals surface area contributed by atoms with Crippen LogP contribution in [0.25, 0.3) is 0 Å². The first-order valence-electron chi connectivity index (χ1n) is 5.95. The van der Waals surface area contributed by atoms with E-state index in [0.29, 0.717) is 0 Å². The third-order valence-corrected chi connectivity index (χ3v) is 3.73. The van der Waals surface area contributed by atoms with Crippen molar-refractivity contribution >= 4 is 5.95 Å². The largest absolute Gasteiger partial charge is 0.340 e. The fourth-order valence-corrected chi connectivity index (χ4v) is 2.61. The predicted octanol–water partition coefficient (Wildman–Crippen LogP) is 0.783. The molecule has 1 aromatic rings. The third-order valence-electron chi connectivity index (χ3n) is 3.73. The molecule has 3 heterocycles. The van der Waals surface area contributed by atoms with E-state index in [1.165, 1.54) is 13.1 Å². The van der Waals surface area contributed by atoms with E-state index in [1.54, 1.807) is 0 Å². The average Bonchev–Trinajstić information content (AvgIpc) is 2.13. The van der Waals surface area contributed by atoms with Gasteiger partial charge in [-0.1, -0.05) is 0 Å². The summed E-state index contributed by atoms with van der Waals surface area (Å²) < 4.78 is 0. The van der Waals surface area contributed by atoms with Gasteiger partial charge < -0.3 is 9.80 Å². The Morgan fingerprint density at radius 2 is 1.88 bits per heavy atom. The highest BCUT2D eigenvalue weighted by molar-refractivity contribution is 5.34. The Bertz CT molecular complexity index is 380. The van der Waals surface area contributed by atoms with Gasteiger partial charge in [0.15, 0.2) is 0 Å². The Kier molecular flexibility index (Phi) is 2.32. The number of nitrogens with zero attached hydrogens (tertiary/aromatic N) is 4. The summed E-state index contributed by atoms with van der Waals surface area (Å²) in [5, 5.41) is 0. The van der Waals surface area contributed by atoms with Gasteiger partial charge in [0.05, 0.1) is 0 Å². The van der Waals surface area contributed by atoms with Gasteiger partial charge in [-0.25, -0.2) is 9.97 Å². The van der Waals surface area contributed by atoms with E-state index in [9.17, 15) is 0 Å². The Morgan fingerprint density at radius 1 is 1.19 bits per heavy atom. The van der Waals surface area contributed by atoms with Gasteiger partial charge in [-0.3, -0.25) is 0 Å². The minimum absolute atomic E-state index is 0.861. The number of hydrogen-bond donors (Lipinski definition) is 0. The van der Waals surface area contributed by atoms with Crippen molar-refractivity contribution in [1.82, 2.24) is 14.9 Å². The van der Waals surface area contributed by atoms with Crippen LogP contribution in [0.15, 0.2) is 12.3 Å². The van der Waals surface area contributed by atoms with Crippen molar-refractivity contribution < 1.29 is 0 Å². The summed E-state index contributed by atoms with van der Waals surface area (Å²) in [4.78, 5) is 13.4. The van der Waals surface area contributed by atoms with E-state index in [2.05, 4.69) is 26.8 Å². The molecule has 2 aliphatic rings. The van der Waals surface area contributed by atoms with Crippen molar-refractivity contribution in [3.63, 3.8) is 0 Å². The lowest BCUT2D eigenvalue weighted by Gasteiger charge is -2.49. The number of anilines is 1. The molecular weight excluding hydrogens is 200 g/mol. The first-order chi connectivity index (χ1) is 7.72. The molecule has 1 aromatic heterocycles. The summed E-state index contributed by atoms with van der Waals surface area (Å²) in [5.74, 6) is 2.68. The van der Waals surface area contributed by atoms with Crippen LogP contribution >= 0.6 is 0 Å². The first kappa shape index (κ1) is 10.0. The number of likely N-dealkylation sites (tertiary alicyclic amines) is 1. The normalized spacial score (nSPS) is 23.0. The summed E-state index contributed by atoms with van der Waals surface area (Å²) in [6, 6.07) is 1.95. The van der Waals surface area contributed by atoms with Crippen LogP contribution in [0.2, 0.25) is 0 Å². The Morgan fingerprint density at radius 3 is 2.50 bits per heavy atom. The molecule has 4 nitrogen and oxygen atoms in total. The van der Waals surface area contributed by atoms with Crippen LogP contribution in [-0.2, 0) is 0 Å². The molecule has 86 valence electrons. The molecule has 0 spiro atoms. The van der Waals surface area contributed by atoms with Gasteiger partial charge >= 0.3 is 0 Å². The van der Waals surface area contributed by atoms with Gasteiger partial charge in [-0.05, 0) is 31.9 Å². The summed E-state index contributed by atoms with van der Waals surface area (Å²) in [6.07, 6.45) is 1.85. The van der Waals surface area contributed by atoms with Crippen LogP contribution in [0, 0.1) is 18.8 Å². The second-order valence-electron chi connectivity index (χ2n) is 5.14. The predicted molar refractivity (Wildman–Crippen MR) is 63.5 cm³/mol. The van der Waals surface area contributed by atoms with E-state index in [-0.39, 0.29) is 0 Å². The molecule has 0 radical (unpaired) electrons. The minimum atomic E-state index is 0.861. The molecule has 0 aliphatic carbocycles. The molecular formula is C12H18N4. The maximum atomic E-state index is 4.45.